The number of likely N-dealkylation sites (N-methyl/N-ethyl adjacent to an activating group) is 1. The molecule has 1 amide bonds. The van der Waals surface area contributed by atoms with E-state index in [0.717, 1.165) is 30.6 Å². The average molecular weight is 420 g/mol. The Morgan fingerprint density at radius 1 is 1.14 bits per heavy atom. The van der Waals surface area contributed by atoms with Gasteiger partial charge >= 0.3 is 0 Å². The summed E-state index contributed by atoms with van der Waals surface area (Å²) in [5.74, 6) is 0.678. The number of amides is 1. The third kappa shape index (κ3) is 5.46. The number of nitrogens with zero attached hydrogens (tertiary/aromatic N) is 2. The molecule has 1 fully saturated rings. The molecule has 1 atom stereocenters. The van der Waals surface area contributed by atoms with Gasteiger partial charge in [0.2, 0.25) is 15.9 Å². The van der Waals surface area contributed by atoms with Gasteiger partial charge in [-0.05, 0) is 56.8 Å². The maximum Gasteiger partial charge on any atom is 0.243 e. The smallest absolute Gasteiger partial charge is 0.243 e. The van der Waals surface area contributed by atoms with Crippen LogP contribution in [-0.4, -0.2) is 57.3 Å². The lowest BCUT2D eigenvalue weighted by atomic mass is 10.1. The Labute approximate surface area is 172 Å². The van der Waals surface area contributed by atoms with Crippen molar-refractivity contribution in [3.05, 3.63) is 54.0 Å². The van der Waals surface area contributed by atoms with Gasteiger partial charge in [0.25, 0.3) is 0 Å². The molecular weight excluding hydrogens is 390 g/mol. The molecule has 29 heavy (non-hydrogen) atoms. The third-order valence-corrected chi connectivity index (χ3v) is 7.14. The number of hydrogen-bond acceptors (Lipinski definition) is 5. The van der Waals surface area contributed by atoms with Crippen LogP contribution in [0.3, 0.4) is 0 Å². The second kappa shape index (κ2) is 9.56. The first-order valence-corrected chi connectivity index (χ1v) is 11.4. The first kappa shape index (κ1) is 21.5. The van der Waals surface area contributed by atoms with Crippen LogP contribution >= 0.6 is 0 Å². The molecule has 0 bridgehead atoms. The lowest BCUT2D eigenvalue weighted by Crippen LogP contribution is -2.35. The number of carbonyl (C=O) groups is 1. The molecule has 0 spiro atoms. The summed E-state index contributed by atoms with van der Waals surface area (Å²) in [5.41, 5.74) is 0.777. The maximum absolute atomic E-state index is 12.7. The number of nitrogens with one attached hydrogen (secondary N) is 1. The Morgan fingerprint density at radius 2 is 1.83 bits per heavy atom. The number of rotatable bonds is 8. The lowest BCUT2D eigenvalue weighted by molar-refractivity contribution is -0.120. The number of hydrogen-bond donors (Lipinski definition) is 1. The molecule has 1 unspecified atom stereocenters. The Bertz CT molecular complexity index is 887. The standard InChI is InChI=1S/C21H29N3O4S/c1-23(2)19(20-7-6-14-28-20)16-22-21(25)15-17-8-10-18(11-9-17)29(26,27)24-12-4-3-5-13-24/h6-11,14,19H,3-5,12-13,15-16H2,1-2H3,(H,22,25). The summed E-state index contributed by atoms with van der Waals surface area (Å²) in [4.78, 5) is 14.6. The van der Waals surface area contributed by atoms with Gasteiger partial charge in [-0.2, -0.15) is 4.31 Å². The van der Waals surface area contributed by atoms with Gasteiger partial charge < -0.3 is 9.73 Å². The lowest BCUT2D eigenvalue weighted by Gasteiger charge is -2.25. The fraction of sp³-hybridized carbons (Fsp3) is 0.476. The van der Waals surface area contributed by atoms with E-state index in [9.17, 15) is 13.2 Å². The van der Waals surface area contributed by atoms with Crippen molar-refractivity contribution in [3.8, 4) is 0 Å². The molecule has 7 nitrogen and oxygen atoms in total. The number of sulfonamides is 1. The average Bonchev–Trinajstić information content (AvgIpc) is 3.23. The quantitative estimate of drug-likeness (QED) is 0.711. The molecule has 2 aromatic rings. The summed E-state index contributed by atoms with van der Waals surface area (Å²) in [6, 6.07) is 10.3. The van der Waals surface area contributed by atoms with E-state index in [2.05, 4.69) is 5.32 Å². The molecule has 158 valence electrons. The van der Waals surface area contributed by atoms with Gasteiger partial charge in [-0.25, -0.2) is 8.42 Å². The largest absolute Gasteiger partial charge is 0.468 e. The van der Waals surface area contributed by atoms with Crippen LogP contribution < -0.4 is 5.32 Å². The highest BCUT2D eigenvalue weighted by molar-refractivity contribution is 7.89. The monoisotopic (exact) mass is 419 g/mol. The highest BCUT2D eigenvalue weighted by Crippen LogP contribution is 2.21. The van der Waals surface area contributed by atoms with Crippen molar-refractivity contribution < 1.29 is 17.6 Å². The van der Waals surface area contributed by atoms with Gasteiger partial charge in [-0.1, -0.05) is 18.6 Å². The normalized spacial score (nSPS) is 16.7. The molecule has 0 radical (unpaired) electrons. The predicted molar refractivity (Wildman–Crippen MR) is 111 cm³/mol. The van der Waals surface area contributed by atoms with Crippen LogP contribution in [0, 0.1) is 0 Å². The zero-order valence-corrected chi connectivity index (χ0v) is 17.8. The van der Waals surface area contributed by atoms with Crippen molar-refractivity contribution >= 4 is 15.9 Å². The molecular formula is C21H29N3O4S. The van der Waals surface area contributed by atoms with Gasteiger partial charge in [-0.15, -0.1) is 0 Å². The Morgan fingerprint density at radius 3 is 2.41 bits per heavy atom. The maximum atomic E-state index is 12.7. The zero-order chi connectivity index (χ0) is 20.9. The minimum Gasteiger partial charge on any atom is -0.468 e. The Kier molecular flexibility index (Phi) is 7.10. The van der Waals surface area contributed by atoms with Crippen molar-refractivity contribution in [2.24, 2.45) is 0 Å². The Balaban J connectivity index is 1.57. The third-order valence-electron chi connectivity index (χ3n) is 5.23. The number of furan rings is 1. The van der Waals surface area contributed by atoms with Crippen LogP contribution in [0.4, 0.5) is 0 Å². The molecule has 1 aliphatic heterocycles. The highest BCUT2D eigenvalue weighted by Gasteiger charge is 2.25. The molecule has 2 heterocycles. The van der Waals surface area contributed by atoms with E-state index in [1.807, 2.05) is 31.1 Å². The first-order chi connectivity index (χ1) is 13.9. The molecule has 1 aliphatic rings. The molecule has 1 saturated heterocycles. The summed E-state index contributed by atoms with van der Waals surface area (Å²) >= 11 is 0. The Hall–Kier alpha value is -2.16. The zero-order valence-electron chi connectivity index (χ0n) is 17.0. The summed E-state index contributed by atoms with van der Waals surface area (Å²) < 4.78 is 32.4. The molecule has 8 heteroatoms. The van der Waals surface area contributed by atoms with E-state index in [0.29, 0.717) is 19.6 Å². The summed E-state index contributed by atoms with van der Waals surface area (Å²) in [7, 11) is 0.416. The fourth-order valence-corrected chi connectivity index (χ4v) is 5.03. The minimum absolute atomic E-state index is 0.0500. The van der Waals surface area contributed by atoms with E-state index in [1.54, 1.807) is 34.8 Å². The molecule has 1 aromatic carbocycles. The molecule has 0 aliphatic carbocycles. The number of benzene rings is 1. The van der Waals surface area contributed by atoms with Crippen LogP contribution in [0.5, 0.6) is 0 Å². The van der Waals surface area contributed by atoms with E-state index < -0.39 is 10.0 Å². The predicted octanol–water partition coefficient (Wildman–Crippen LogP) is 2.42. The van der Waals surface area contributed by atoms with Crippen molar-refractivity contribution in [2.45, 2.75) is 36.6 Å². The molecule has 1 N–H and O–H groups in total. The second-order valence-electron chi connectivity index (χ2n) is 7.58. The van der Waals surface area contributed by atoms with Gasteiger partial charge in [0.1, 0.15) is 5.76 Å². The van der Waals surface area contributed by atoms with Crippen LogP contribution in [-0.2, 0) is 21.2 Å². The van der Waals surface area contributed by atoms with Crippen molar-refractivity contribution in [3.63, 3.8) is 0 Å². The fourth-order valence-electron chi connectivity index (χ4n) is 3.51. The van der Waals surface area contributed by atoms with Crippen LogP contribution in [0.15, 0.2) is 52.0 Å². The van der Waals surface area contributed by atoms with Crippen molar-refractivity contribution in [1.29, 1.82) is 0 Å². The van der Waals surface area contributed by atoms with E-state index in [-0.39, 0.29) is 23.3 Å². The van der Waals surface area contributed by atoms with E-state index >= 15 is 0 Å². The van der Waals surface area contributed by atoms with Crippen LogP contribution in [0.1, 0.15) is 36.6 Å². The van der Waals surface area contributed by atoms with Gasteiger partial charge in [0.15, 0.2) is 0 Å². The number of piperidine rings is 1. The van der Waals surface area contributed by atoms with E-state index in [1.165, 1.54) is 0 Å². The minimum atomic E-state index is -3.45. The topological polar surface area (TPSA) is 82.9 Å². The van der Waals surface area contributed by atoms with Gasteiger partial charge in [0.05, 0.1) is 23.6 Å². The van der Waals surface area contributed by atoms with Crippen LogP contribution in [0.25, 0.3) is 0 Å². The van der Waals surface area contributed by atoms with Crippen molar-refractivity contribution in [1.82, 2.24) is 14.5 Å². The highest BCUT2D eigenvalue weighted by atomic mass is 32.2. The second-order valence-corrected chi connectivity index (χ2v) is 9.52. The SMILES string of the molecule is CN(C)C(CNC(=O)Cc1ccc(S(=O)(=O)N2CCCCC2)cc1)c1ccco1. The van der Waals surface area contributed by atoms with Gasteiger partial charge in [-0.3, -0.25) is 9.69 Å². The first-order valence-electron chi connectivity index (χ1n) is 9.93. The van der Waals surface area contributed by atoms with Gasteiger partial charge in [0, 0.05) is 19.6 Å². The molecule has 1 aromatic heterocycles. The molecule has 3 rings (SSSR count). The number of carbonyl (C=O) groups excluding carboxylic acids is 1. The summed E-state index contributed by atoms with van der Waals surface area (Å²) in [6.07, 6.45) is 4.71. The van der Waals surface area contributed by atoms with E-state index in [4.69, 9.17) is 4.42 Å². The van der Waals surface area contributed by atoms with Crippen LogP contribution in [0.2, 0.25) is 0 Å². The summed E-state index contributed by atoms with van der Waals surface area (Å²) in [5, 5.41) is 2.93. The summed E-state index contributed by atoms with van der Waals surface area (Å²) in [6.45, 7) is 1.59. The molecule has 0 saturated carbocycles. The van der Waals surface area contributed by atoms with Crippen molar-refractivity contribution in [2.75, 3.05) is 33.7 Å².